The fraction of sp³-hybridized carbons (Fsp3) is 0.857. The van der Waals surface area contributed by atoms with Crippen molar-refractivity contribution in [2.24, 2.45) is 35.0 Å². The van der Waals surface area contributed by atoms with E-state index in [0.717, 1.165) is 19.3 Å². The smallest absolute Gasteiger partial charge is 0.133 e. The van der Waals surface area contributed by atoms with Crippen LogP contribution in [0.3, 0.4) is 0 Å². The standard InChI is InChI=1S/C21H31FO2/c1-13(23)18-5-6-19-17-4-3-14-11-21(24,12-22)10-8-15(14)16(17)7-9-20(18,19)2/h3,15-19,24H,4-12H2,1-2H3/t15?,16-,17?,18-,19+,20-,21-/m1/s1. The van der Waals surface area contributed by atoms with E-state index in [9.17, 15) is 14.3 Å². The van der Waals surface area contributed by atoms with Gasteiger partial charge in [0.1, 0.15) is 12.5 Å². The summed E-state index contributed by atoms with van der Waals surface area (Å²) in [6.45, 7) is 3.53. The molecular formula is C21H31FO2. The largest absolute Gasteiger partial charge is 0.387 e. The zero-order valence-electron chi connectivity index (χ0n) is 15.1. The van der Waals surface area contributed by atoms with Crippen LogP contribution in [0.5, 0.6) is 0 Å². The number of ketones is 1. The average Bonchev–Trinajstić information content (AvgIpc) is 2.91. The number of hydrogen-bond acceptors (Lipinski definition) is 2. The molecule has 4 aliphatic carbocycles. The van der Waals surface area contributed by atoms with Crippen LogP contribution < -0.4 is 0 Å². The molecule has 2 unspecified atom stereocenters. The lowest BCUT2D eigenvalue weighted by Crippen LogP contribution is -2.48. The summed E-state index contributed by atoms with van der Waals surface area (Å²) in [5, 5.41) is 10.3. The monoisotopic (exact) mass is 334 g/mol. The Hall–Kier alpha value is -0.700. The van der Waals surface area contributed by atoms with Crippen molar-refractivity contribution in [3.05, 3.63) is 11.6 Å². The van der Waals surface area contributed by atoms with Gasteiger partial charge in [0.05, 0.1) is 5.60 Å². The molecule has 4 rings (SSSR count). The number of hydrogen-bond donors (Lipinski definition) is 1. The molecule has 0 spiro atoms. The lowest BCUT2D eigenvalue weighted by atomic mass is 9.51. The van der Waals surface area contributed by atoms with Gasteiger partial charge in [-0.2, -0.15) is 0 Å². The second-order valence-electron chi connectivity index (χ2n) is 9.41. The van der Waals surface area contributed by atoms with Crippen molar-refractivity contribution in [3.8, 4) is 0 Å². The Balaban J connectivity index is 1.59. The maximum Gasteiger partial charge on any atom is 0.133 e. The van der Waals surface area contributed by atoms with E-state index in [1.165, 1.54) is 24.8 Å². The number of halogens is 1. The molecule has 0 aromatic carbocycles. The van der Waals surface area contributed by atoms with Crippen molar-refractivity contribution in [2.75, 3.05) is 6.67 Å². The van der Waals surface area contributed by atoms with Crippen LogP contribution in [0.4, 0.5) is 4.39 Å². The molecule has 0 aromatic heterocycles. The first-order valence-corrected chi connectivity index (χ1v) is 9.86. The summed E-state index contributed by atoms with van der Waals surface area (Å²) in [7, 11) is 0. The van der Waals surface area contributed by atoms with E-state index in [2.05, 4.69) is 13.0 Å². The van der Waals surface area contributed by atoms with Gasteiger partial charge in [0.2, 0.25) is 0 Å². The fourth-order valence-electron chi connectivity index (χ4n) is 7.15. The highest BCUT2D eigenvalue weighted by atomic mass is 19.1. The lowest BCUT2D eigenvalue weighted by molar-refractivity contribution is -0.126. The summed E-state index contributed by atoms with van der Waals surface area (Å²) in [4.78, 5) is 12.1. The minimum absolute atomic E-state index is 0.201. The van der Waals surface area contributed by atoms with E-state index in [1.54, 1.807) is 6.92 Å². The van der Waals surface area contributed by atoms with Crippen LogP contribution in [0, 0.1) is 35.0 Å². The summed E-state index contributed by atoms with van der Waals surface area (Å²) in [6.07, 6.45) is 10.1. The summed E-state index contributed by atoms with van der Waals surface area (Å²) in [5.74, 6) is 3.26. The van der Waals surface area contributed by atoms with Crippen molar-refractivity contribution in [1.29, 1.82) is 0 Å². The highest BCUT2D eigenvalue weighted by molar-refractivity contribution is 5.79. The first-order chi connectivity index (χ1) is 11.4. The molecule has 134 valence electrons. The molecule has 3 saturated carbocycles. The maximum absolute atomic E-state index is 13.2. The van der Waals surface area contributed by atoms with Gasteiger partial charge in [-0.15, -0.1) is 0 Å². The quantitative estimate of drug-likeness (QED) is 0.757. The molecule has 0 aliphatic heterocycles. The molecule has 7 atom stereocenters. The molecule has 0 heterocycles. The number of allylic oxidation sites excluding steroid dienone is 1. The maximum atomic E-state index is 13.2. The van der Waals surface area contributed by atoms with Gasteiger partial charge < -0.3 is 5.11 Å². The summed E-state index contributed by atoms with van der Waals surface area (Å²) >= 11 is 0. The zero-order chi connectivity index (χ0) is 17.1. The summed E-state index contributed by atoms with van der Waals surface area (Å²) in [5.41, 5.74) is 0.422. The van der Waals surface area contributed by atoms with Gasteiger partial charge in [-0.3, -0.25) is 4.79 Å². The molecule has 4 aliphatic rings. The fourth-order valence-corrected chi connectivity index (χ4v) is 7.15. The third kappa shape index (κ3) is 2.34. The Morgan fingerprint density at radius 1 is 1.25 bits per heavy atom. The van der Waals surface area contributed by atoms with Gasteiger partial charge in [0, 0.05) is 5.92 Å². The SMILES string of the molecule is CC(=O)[C@H]1CC[C@H]2C3CC=C4C[C@@](O)(CF)CCC4[C@H]3CC[C@]12C. The molecule has 0 amide bonds. The molecule has 0 radical (unpaired) electrons. The Bertz CT molecular complexity index is 570. The molecule has 1 N–H and O–H groups in total. The van der Waals surface area contributed by atoms with E-state index in [4.69, 9.17) is 0 Å². The predicted octanol–water partition coefficient (Wildman–Crippen LogP) is 4.46. The Morgan fingerprint density at radius 2 is 2.04 bits per heavy atom. The summed E-state index contributed by atoms with van der Waals surface area (Å²) < 4.78 is 13.2. The van der Waals surface area contributed by atoms with Gasteiger partial charge in [-0.25, -0.2) is 4.39 Å². The number of fused-ring (bicyclic) bond motifs is 5. The topological polar surface area (TPSA) is 37.3 Å². The number of aliphatic hydroxyl groups is 1. The molecule has 0 aromatic rings. The predicted molar refractivity (Wildman–Crippen MR) is 92.2 cm³/mol. The lowest BCUT2D eigenvalue weighted by Gasteiger charge is -2.54. The van der Waals surface area contributed by atoms with Crippen LogP contribution in [-0.4, -0.2) is 23.2 Å². The van der Waals surface area contributed by atoms with E-state index in [1.807, 2.05) is 0 Å². The van der Waals surface area contributed by atoms with E-state index in [-0.39, 0.29) is 11.3 Å². The number of Topliss-reactive ketones (excluding diaryl/α,β-unsaturated/α-hetero) is 1. The van der Waals surface area contributed by atoms with Crippen molar-refractivity contribution in [3.63, 3.8) is 0 Å². The molecule has 3 fully saturated rings. The van der Waals surface area contributed by atoms with Crippen LogP contribution >= 0.6 is 0 Å². The molecule has 3 heteroatoms. The number of alkyl halides is 1. The summed E-state index contributed by atoms with van der Waals surface area (Å²) in [6, 6.07) is 0. The van der Waals surface area contributed by atoms with Gasteiger partial charge in [-0.1, -0.05) is 18.6 Å². The molecule has 2 nitrogen and oxygen atoms in total. The molecule has 0 bridgehead atoms. The van der Waals surface area contributed by atoms with Crippen LogP contribution in [0.2, 0.25) is 0 Å². The van der Waals surface area contributed by atoms with Crippen molar-refractivity contribution in [2.45, 2.75) is 70.8 Å². The van der Waals surface area contributed by atoms with Crippen LogP contribution in [0.1, 0.15) is 65.2 Å². The number of carbonyl (C=O) groups is 1. The van der Waals surface area contributed by atoms with E-state index in [0.29, 0.717) is 42.3 Å². The molecular weight excluding hydrogens is 303 g/mol. The van der Waals surface area contributed by atoms with Gasteiger partial charge in [0.25, 0.3) is 0 Å². The minimum atomic E-state index is -1.11. The minimum Gasteiger partial charge on any atom is -0.387 e. The number of rotatable bonds is 2. The van der Waals surface area contributed by atoms with Crippen molar-refractivity contribution < 1.29 is 14.3 Å². The highest BCUT2D eigenvalue weighted by Gasteiger charge is 2.57. The van der Waals surface area contributed by atoms with Crippen molar-refractivity contribution >= 4 is 5.78 Å². The van der Waals surface area contributed by atoms with Crippen LogP contribution in [0.15, 0.2) is 11.6 Å². The Labute approximate surface area is 144 Å². The normalized spacial score (nSPS) is 50.5. The van der Waals surface area contributed by atoms with Crippen LogP contribution in [0.25, 0.3) is 0 Å². The molecule has 24 heavy (non-hydrogen) atoms. The second-order valence-corrected chi connectivity index (χ2v) is 9.41. The third-order valence-corrected chi connectivity index (χ3v) is 8.33. The van der Waals surface area contributed by atoms with Crippen LogP contribution in [-0.2, 0) is 4.79 Å². The average molecular weight is 334 g/mol. The zero-order valence-corrected chi connectivity index (χ0v) is 15.1. The van der Waals surface area contributed by atoms with Gasteiger partial charge in [-0.05, 0) is 87.4 Å². The second kappa shape index (κ2) is 5.65. The Morgan fingerprint density at radius 3 is 2.75 bits per heavy atom. The van der Waals surface area contributed by atoms with Crippen molar-refractivity contribution in [1.82, 2.24) is 0 Å². The van der Waals surface area contributed by atoms with Gasteiger partial charge >= 0.3 is 0 Å². The highest BCUT2D eigenvalue weighted by Crippen LogP contribution is 2.63. The van der Waals surface area contributed by atoms with Gasteiger partial charge in [0.15, 0.2) is 0 Å². The first-order valence-electron chi connectivity index (χ1n) is 9.86. The van der Waals surface area contributed by atoms with E-state index < -0.39 is 12.3 Å². The first kappa shape index (κ1) is 16.8. The molecule has 0 saturated heterocycles. The third-order valence-electron chi connectivity index (χ3n) is 8.33. The Kier molecular flexibility index (Phi) is 3.95. The number of carbonyl (C=O) groups excluding carboxylic acids is 1. The van der Waals surface area contributed by atoms with E-state index >= 15 is 0 Å².